The van der Waals surface area contributed by atoms with Crippen molar-refractivity contribution in [3.05, 3.63) is 58.1 Å². The van der Waals surface area contributed by atoms with E-state index in [0.29, 0.717) is 34.7 Å². The fraction of sp³-hybridized carbons (Fsp3) is 0.458. The van der Waals surface area contributed by atoms with E-state index < -0.39 is 15.4 Å². The lowest BCUT2D eigenvalue weighted by Gasteiger charge is -2.35. The lowest BCUT2D eigenvalue weighted by Crippen LogP contribution is -2.45. The van der Waals surface area contributed by atoms with E-state index in [-0.39, 0.29) is 12.6 Å². The molecule has 2 aromatic rings. The first kappa shape index (κ1) is 25.6. The number of nitrogens with zero attached hydrogens (tertiary/aromatic N) is 1. The van der Waals surface area contributed by atoms with Gasteiger partial charge in [0.1, 0.15) is 18.4 Å². The molecule has 1 fully saturated rings. The second-order valence-corrected chi connectivity index (χ2v) is 11.4. The third-order valence-electron chi connectivity index (χ3n) is 5.89. The minimum absolute atomic E-state index is 0.00799. The van der Waals surface area contributed by atoms with Gasteiger partial charge in [0.15, 0.2) is 5.75 Å². The fourth-order valence-electron chi connectivity index (χ4n) is 3.94. The van der Waals surface area contributed by atoms with Gasteiger partial charge < -0.3 is 9.47 Å². The van der Waals surface area contributed by atoms with Crippen LogP contribution in [0.25, 0.3) is 0 Å². The molecule has 0 saturated heterocycles. The molecule has 3 rings (SSSR count). The van der Waals surface area contributed by atoms with Crippen LogP contribution in [0.15, 0.2) is 36.4 Å². The number of nitriles is 1. The highest BCUT2D eigenvalue weighted by atomic mass is 35.5. The van der Waals surface area contributed by atoms with Crippen molar-refractivity contribution in [2.45, 2.75) is 38.1 Å². The number of ether oxygens (including phenoxy) is 2. The molecule has 6 nitrogen and oxygen atoms in total. The zero-order valence-corrected chi connectivity index (χ0v) is 21.2. The molecular weight excluding hydrogens is 483 g/mol. The van der Waals surface area contributed by atoms with Gasteiger partial charge in [-0.15, -0.1) is 11.6 Å². The topological polar surface area (TPSA) is 88.4 Å². The molecular formula is C24H28Cl2N2O4S. The Balaban J connectivity index is 1.65. The molecule has 1 saturated carbocycles. The Morgan fingerprint density at radius 2 is 1.82 bits per heavy atom. The molecule has 1 N–H and O–H groups in total. The summed E-state index contributed by atoms with van der Waals surface area (Å²) in [6.45, 7) is 4.96. The maximum atomic E-state index is 11.3. The highest BCUT2D eigenvalue weighted by Gasteiger charge is 2.31. The predicted molar refractivity (Wildman–Crippen MR) is 131 cm³/mol. The second-order valence-electron chi connectivity index (χ2n) is 8.87. The Morgan fingerprint density at radius 1 is 1.15 bits per heavy atom. The van der Waals surface area contributed by atoms with Gasteiger partial charge in [-0.05, 0) is 54.2 Å². The quantitative estimate of drug-likeness (QED) is 0.461. The van der Waals surface area contributed by atoms with E-state index >= 15 is 0 Å². The summed E-state index contributed by atoms with van der Waals surface area (Å²) in [5.74, 6) is 1.76. The van der Waals surface area contributed by atoms with E-state index in [1.165, 1.54) is 6.26 Å². The molecule has 0 bridgehead atoms. The highest BCUT2D eigenvalue weighted by Crippen LogP contribution is 2.38. The summed E-state index contributed by atoms with van der Waals surface area (Å²) in [5.41, 5.74) is 1.91. The summed E-state index contributed by atoms with van der Waals surface area (Å²) in [7, 11) is -3.16. The Labute approximate surface area is 205 Å². The first-order valence-corrected chi connectivity index (χ1v) is 13.5. The molecule has 0 atom stereocenters. The van der Waals surface area contributed by atoms with Gasteiger partial charge in [-0.25, -0.2) is 13.1 Å². The van der Waals surface area contributed by atoms with Gasteiger partial charge in [-0.3, -0.25) is 0 Å². The minimum Gasteiger partial charge on any atom is -0.493 e. The molecule has 9 heteroatoms. The van der Waals surface area contributed by atoms with E-state index in [1.54, 1.807) is 6.07 Å². The Hall–Kier alpha value is -1.98. The first-order valence-electron chi connectivity index (χ1n) is 10.7. The minimum atomic E-state index is -3.16. The lowest BCUT2D eigenvalue weighted by molar-refractivity contribution is 0.152. The van der Waals surface area contributed by atoms with Crippen LogP contribution in [0, 0.1) is 17.2 Å². The zero-order chi connectivity index (χ0) is 24.2. The monoisotopic (exact) mass is 510 g/mol. The molecule has 0 radical (unpaired) electrons. The number of hydrogen-bond donors (Lipinski definition) is 1. The molecule has 0 aromatic heterocycles. The van der Waals surface area contributed by atoms with Crippen molar-refractivity contribution in [1.29, 1.82) is 5.26 Å². The van der Waals surface area contributed by atoms with Gasteiger partial charge >= 0.3 is 0 Å². The predicted octanol–water partition coefficient (Wildman–Crippen LogP) is 4.86. The van der Waals surface area contributed by atoms with Crippen molar-refractivity contribution in [2.75, 3.05) is 25.3 Å². The Bertz CT molecular complexity index is 1120. The van der Waals surface area contributed by atoms with Crippen LogP contribution in [0.3, 0.4) is 0 Å². The lowest BCUT2D eigenvalue weighted by atomic mass is 9.77. The molecule has 0 spiro atoms. The van der Waals surface area contributed by atoms with Gasteiger partial charge in [0.05, 0.1) is 29.3 Å². The number of halogens is 2. The third kappa shape index (κ3) is 6.54. The molecule has 1 aliphatic rings. The van der Waals surface area contributed by atoms with Crippen molar-refractivity contribution in [1.82, 2.24) is 4.72 Å². The van der Waals surface area contributed by atoms with Gasteiger partial charge in [0, 0.05) is 11.5 Å². The van der Waals surface area contributed by atoms with Gasteiger partial charge in [0.25, 0.3) is 0 Å². The zero-order valence-electron chi connectivity index (χ0n) is 18.9. The number of sulfonamides is 1. The van der Waals surface area contributed by atoms with E-state index in [9.17, 15) is 13.7 Å². The van der Waals surface area contributed by atoms with Crippen LogP contribution in [-0.4, -0.2) is 39.8 Å². The molecule has 2 aromatic carbocycles. The number of rotatable bonds is 10. The maximum Gasteiger partial charge on any atom is 0.208 e. The average Bonchev–Trinajstić information content (AvgIpc) is 2.73. The summed E-state index contributed by atoms with van der Waals surface area (Å²) < 4.78 is 36.6. The standard InChI is InChI=1S/C24H28Cl2N2O4S/c1-24(2,19-12-17(14-27)23(22(26)13-19)31-9-8-25)18-4-6-21(7-5-18)32-15-16-10-20(11-16)28-33(3,29)30/h4-7,12-13,16,20,28H,8-11,15H2,1-3H3. The molecule has 0 amide bonds. The molecule has 33 heavy (non-hydrogen) atoms. The third-order valence-corrected chi connectivity index (χ3v) is 7.08. The van der Waals surface area contributed by atoms with Gasteiger partial charge in [0.2, 0.25) is 10.0 Å². The van der Waals surface area contributed by atoms with Crippen molar-refractivity contribution >= 4 is 33.2 Å². The highest BCUT2D eigenvalue weighted by molar-refractivity contribution is 7.88. The molecule has 0 aliphatic heterocycles. The second kappa shape index (κ2) is 10.5. The van der Waals surface area contributed by atoms with E-state index in [0.717, 1.165) is 29.7 Å². The van der Waals surface area contributed by atoms with Crippen molar-refractivity contribution < 1.29 is 17.9 Å². The van der Waals surface area contributed by atoms with Crippen LogP contribution in [0.1, 0.15) is 43.4 Å². The molecule has 0 unspecified atom stereocenters. The van der Waals surface area contributed by atoms with Crippen molar-refractivity contribution in [3.8, 4) is 17.6 Å². The molecule has 0 heterocycles. The van der Waals surface area contributed by atoms with Crippen LogP contribution < -0.4 is 14.2 Å². The summed E-state index contributed by atoms with van der Waals surface area (Å²) in [6.07, 6.45) is 2.74. The number of benzene rings is 2. The fourth-order valence-corrected chi connectivity index (χ4v) is 5.09. The van der Waals surface area contributed by atoms with Crippen molar-refractivity contribution in [2.24, 2.45) is 5.92 Å². The maximum absolute atomic E-state index is 11.3. The Morgan fingerprint density at radius 3 is 2.39 bits per heavy atom. The summed E-state index contributed by atoms with van der Waals surface area (Å²) in [5, 5.41) is 9.95. The van der Waals surface area contributed by atoms with Crippen LogP contribution in [0.4, 0.5) is 0 Å². The Kier molecular flexibility index (Phi) is 8.17. The number of hydrogen-bond acceptors (Lipinski definition) is 5. The van der Waals surface area contributed by atoms with Crippen LogP contribution >= 0.6 is 23.2 Å². The number of alkyl halides is 1. The van der Waals surface area contributed by atoms with Gasteiger partial charge in [-0.1, -0.05) is 37.6 Å². The van der Waals surface area contributed by atoms with Gasteiger partial charge in [-0.2, -0.15) is 5.26 Å². The normalized spacial score (nSPS) is 18.3. The van der Waals surface area contributed by atoms with Crippen LogP contribution in [-0.2, 0) is 15.4 Å². The molecule has 178 valence electrons. The SMILES string of the molecule is CC(C)(c1ccc(OCC2CC(NS(C)(=O)=O)C2)cc1)c1cc(Cl)c(OCCCl)c(C#N)c1. The first-order chi connectivity index (χ1) is 15.5. The summed E-state index contributed by atoms with van der Waals surface area (Å²) in [4.78, 5) is 0. The van der Waals surface area contributed by atoms with Crippen LogP contribution in [0.2, 0.25) is 5.02 Å². The van der Waals surface area contributed by atoms with E-state index in [2.05, 4.69) is 24.6 Å². The molecule has 1 aliphatic carbocycles. The van der Waals surface area contributed by atoms with Crippen LogP contribution in [0.5, 0.6) is 11.5 Å². The largest absolute Gasteiger partial charge is 0.493 e. The summed E-state index contributed by atoms with van der Waals surface area (Å²) in [6, 6.07) is 13.7. The number of nitrogens with one attached hydrogen (secondary N) is 1. The van der Waals surface area contributed by atoms with E-state index in [4.69, 9.17) is 32.7 Å². The smallest absolute Gasteiger partial charge is 0.208 e. The van der Waals surface area contributed by atoms with Crippen molar-refractivity contribution in [3.63, 3.8) is 0 Å². The average molecular weight is 511 g/mol. The van der Waals surface area contributed by atoms with E-state index in [1.807, 2.05) is 30.3 Å². The summed E-state index contributed by atoms with van der Waals surface area (Å²) >= 11 is 12.1.